The lowest BCUT2D eigenvalue weighted by Crippen LogP contribution is -2.74. The van der Waals surface area contributed by atoms with Crippen molar-refractivity contribution in [1.82, 2.24) is 0 Å². The van der Waals surface area contributed by atoms with Gasteiger partial charge in [-0.3, -0.25) is 0 Å². The molecule has 2 saturated heterocycles. The number of benzene rings is 1. The molecule has 1 aliphatic carbocycles. The van der Waals surface area contributed by atoms with Crippen molar-refractivity contribution in [3.8, 4) is 0 Å². The normalized spacial score (nSPS) is 43.2. The van der Waals surface area contributed by atoms with E-state index in [2.05, 4.69) is 0 Å². The Kier molecular flexibility index (Phi) is 5.77. The summed E-state index contributed by atoms with van der Waals surface area (Å²) in [7, 11) is 3.21. The number of ether oxygens (including phenoxy) is 6. The molecule has 0 amide bonds. The first-order valence-corrected chi connectivity index (χ1v) is 9.99. The number of rotatable bonds is 5. The van der Waals surface area contributed by atoms with Crippen molar-refractivity contribution in [2.45, 2.75) is 81.5 Å². The molecule has 0 bridgehead atoms. The van der Waals surface area contributed by atoms with E-state index in [-0.39, 0.29) is 6.10 Å². The van der Waals surface area contributed by atoms with Gasteiger partial charge < -0.3 is 33.5 Å². The second kappa shape index (κ2) is 7.99. The van der Waals surface area contributed by atoms with E-state index in [0.717, 1.165) is 18.4 Å². The van der Waals surface area contributed by atoms with Crippen LogP contribution in [0.1, 0.15) is 38.2 Å². The minimum Gasteiger partial charge on any atom is -0.385 e. The van der Waals surface area contributed by atoms with E-state index >= 15 is 0 Å². The van der Waals surface area contributed by atoms with E-state index in [1.165, 1.54) is 0 Å². The zero-order valence-electron chi connectivity index (χ0n) is 16.7. The number of hydrogen-bond donors (Lipinski definition) is 1. The third-order valence-electron chi connectivity index (χ3n) is 6.16. The number of fused-ring (bicyclic) bond motifs is 2. The molecule has 156 valence electrons. The van der Waals surface area contributed by atoms with Gasteiger partial charge in [0.2, 0.25) is 11.6 Å². The summed E-state index contributed by atoms with van der Waals surface area (Å²) in [4.78, 5) is 0. The van der Waals surface area contributed by atoms with Gasteiger partial charge in [0, 0.05) is 27.1 Å². The molecular formula is C21H30O7. The van der Waals surface area contributed by atoms with Gasteiger partial charge in [-0.2, -0.15) is 0 Å². The Hall–Kier alpha value is -1.06. The van der Waals surface area contributed by atoms with Gasteiger partial charge in [-0.25, -0.2) is 0 Å². The zero-order chi connectivity index (χ0) is 19.8. The van der Waals surface area contributed by atoms with Crippen LogP contribution in [-0.2, 0) is 35.0 Å². The Balaban J connectivity index is 1.53. The van der Waals surface area contributed by atoms with E-state index < -0.39 is 36.2 Å². The summed E-state index contributed by atoms with van der Waals surface area (Å²) < 4.78 is 36.3. The molecule has 3 aliphatic rings. The number of aliphatic hydroxyl groups is 1. The molecule has 1 aromatic rings. The van der Waals surface area contributed by atoms with Crippen LogP contribution in [0.2, 0.25) is 0 Å². The lowest BCUT2D eigenvalue weighted by Gasteiger charge is -2.59. The molecule has 1 aromatic carbocycles. The molecule has 28 heavy (non-hydrogen) atoms. The fourth-order valence-electron chi connectivity index (χ4n) is 4.62. The van der Waals surface area contributed by atoms with Gasteiger partial charge in [0.1, 0.15) is 18.3 Å². The van der Waals surface area contributed by atoms with Gasteiger partial charge in [-0.05, 0) is 25.3 Å². The summed E-state index contributed by atoms with van der Waals surface area (Å²) in [6.07, 6.45) is -0.0658. The molecule has 2 heterocycles. The molecule has 1 N–H and O–H groups in total. The minimum absolute atomic E-state index is 0.335. The summed E-state index contributed by atoms with van der Waals surface area (Å²) in [5.41, 5.74) is 1.01. The SMILES string of the molecule is CO[C@@]12CCCC[C@@]1(OC)O[C@H]1[C@@H](O)[C@@H](OCc3ccccc3)O[C@@H](C)[C@@H]1O2. The average molecular weight is 394 g/mol. The van der Waals surface area contributed by atoms with Crippen molar-refractivity contribution < 1.29 is 33.5 Å². The first-order chi connectivity index (χ1) is 13.5. The maximum absolute atomic E-state index is 11.0. The van der Waals surface area contributed by atoms with E-state index in [0.29, 0.717) is 19.4 Å². The Labute approximate surface area is 165 Å². The molecule has 0 spiro atoms. The fraction of sp³-hybridized carbons (Fsp3) is 0.714. The Morgan fingerprint density at radius 1 is 1.00 bits per heavy atom. The van der Waals surface area contributed by atoms with Crippen LogP contribution in [0.15, 0.2) is 30.3 Å². The molecule has 7 atom stereocenters. The predicted octanol–water partition coefficient (Wildman–Crippen LogP) is 2.35. The topological polar surface area (TPSA) is 75.6 Å². The first-order valence-electron chi connectivity index (χ1n) is 9.99. The molecule has 7 heteroatoms. The van der Waals surface area contributed by atoms with Crippen LogP contribution in [0.5, 0.6) is 0 Å². The number of hydrogen-bond acceptors (Lipinski definition) is 7. The lowest BCUT2D eigenvalue weighted by molar-refractivity contribution is -0.495. The van der Waals surface area contributed by atoms with Crippen LogP contribution in [-0.4, -0.2) is 61.6 Å². The van der Waals surface area contributed by atoms with E-state index in [9.17, 15) is 5.11 Å². The van der Waals surface area contributed by atoms with E-state index in [1.54, 1.807) is 14.2 Å². The van der Waals surface area contributed by atoms with Gasteiger partial charge in [-0.1, -0.05) is 30.3 Å². The zero-order valence-corrected chi connectivity index (χ0v) is 16.7. The van der Waals surface area contributed by atoms with Crippen LogP contribution < -0.4 is 0 Å². The van der Waals surface area contributed by atoms with E-state index in [4.69, 9.17) is 28.4 Å². The number of aliphatic hydroxyl groups excluding tert-OH is 1. The largest absolute Gasteiger partial charge is 0.385 e. The van der Waals surface area contributed by atoms with Crippen molar-refractivity contribution in [3.63, 3.8) is 0 Å². The summed E-state index contributed by atoms with van der Waals surface area (Å²) in [6.45, 7) is 2.24. The summed E-state index contributed by atoms with van der Waals surface area (Å²) in [6, 6.07) is 9.78. The molecule has 1 saturated carbocycles. The summed E-state index contributed by atoms with van der Waals surface area (Å²) in [5.74, 6) is -2.06. The van der Waals surface area contributed by atoms with Gasteiger partial charge in [0.05, 0.1) is 12.7 Å². The molecule has 0 aromatic heterocycles. The van der Waals surface area contributed by atoms with Crippen LogP contribution in [0, 0.1) is 0 Å². The molecule has 3 fully saturated rings. The smallest absolute Gasteiger partial charge is 0.223 e. The van der Waals surface area contributed by atoms with Crippen molar-refractivity contribution in [1.29, 1.82) is 0 Å². The van der Waals surface area contributed by atoms with Gasteiger partial charge in [0.15, 0.2) is 6.29 Å². The summed E-state index contributed by atoms with van der Waals surface area (Å²) >= 11 is 0. The molecular weight excluding hydrogens is 364 g/mol. The lowest BCUT2D eigenvalue weighted by atomic mass is 9.84. The third kappa shape index (κ3) is 3.29. The molecule has 2 aliphatic heterocycles. The first kappa shape index (κ1) is 20.2. The monoisotopic (exact) mass is 394 g/mol. The molecule has 7 nitrogen and oxygen atoms in total. The molecule has 0 radical (unpaired) electrons. The Morgan fingerprint density at radius 3 is 2.21 bits per heavy atom. The highest BCUT2D eigenvalue weighted by molar-refractivity contribution is 5.13. The highest BCUT2D eigenvalue weighted by atomic mass is 16.8. The Bertz CT molecular complexity index is 655. The van der Waals surface area contributed by atoms with E-state index in [1.807, 2.05) is 37.3 Å². The van der Waals surface area contributed by atoms with Crippen molar-refractivity contribution >= 4 is 0 Å². The number of methoxy groups -OCH3 is 2. The highest BCUT2D eigenvalue weighted by Gasteiger charge is 2.66. The van der Waals surface area contributed by atoms with Crippen molar-refractivity contribution in [2.24, 2.45) is 0 Å². The van der Waals surface area contributed by atoms with Crippen molar-refractivity contribution in [3.05, 3.63) is 35.9 Å². The van der Waals surface area contributed by atoms with Crippen LogP contribution >= 0.6 is 0 Å². The minimum atomic E-state index is -1.05. The second-order valence-electron chi connectivity index (χ2n) is 7.78. The quantitative estimate of drug-likeness (QED) is 0.822. The molecule has 0 unspecified atom stereocenters. The van der Waals surface area contributed by atoms with Crippen LogP contribution in [0.25, 0.3) is 0 Å². The third-order valence-corrected chi connectivity index (χ3v) is 6.16. The fourth-order valence-corrected chi connectivity index (χ4v) is 4.62. The molecule has 4 rings (SSSR count). The second-order valence-corrected chi connectivity index (χ2v) is 7.78. The van der Waals surface area contributed by atoms with Crippen LogP contribution in [0.4, 0.5) is 0 Å². The summed E-state index contributed by atoms with van der Waals surface area (Å²) in [5, 5.41) is 11.0. The van der Waals surface area contributed by atoms with Gasteiger partial charge in [0.25, 0.3) is 0 Å². The highest BCUT2D eigenvalue weighted by Crippen LogP contribution is 2.51. The van der Waals surface area contributed by atoms with Gasteiger partial charge in [-0.15, -0.1) is 0 Å². The van der Waals surface area contributed by atoms with Crippen molar-refractivity contribution in [2.75, 3.05) is 14.2 Å². The maximum atomic E-state index is 11.0. The average Bonchev–Trinajstić information content (AvgIpc) is 2.74. The van der Waals surface area contributed by atoms with Gasteiger partial charge >= 0.3 is 0 Å². The predicted molar refractivity (Wildman–Crippen MR) is 99.3 cm³/mol. The Morgan fingerprint density at radius 2 is 1.61 bits per heavy atom. The maximum Gasteiger partial charge on any atom is 0.223 e. The van der Waals surface area contributed by atoms with Crippen LogP contribution in [0.3, 0.4) is 0 Å². The standard InChI is InChI=1S/C21H30O7/c1-14-17-18(16(22)19(26-14)25-13-15-9-5-4-6-10-15)28-21(24-3)12-8-7-11-20(21,23-2)27-17/h4-6,9-10,14,16-19,22H,7-8,11-13H2,1-3H3/t14-,16+,17-,18-,19-,20+,21+/m0/s1.